The zero-order valence-corrected chi connectivity index (χ0v) is 29.0. The minimum Gasteiger partial charge on any atom is -0.481 e. The molecule has 0 aliphatic carbocycles. The van der Waals surface area contributed by atoms with Gasteiger partial charge in [-0.3, -0.25) is 33.6 Å². The van der Waals surface area contributed by atoms with Crippen molar-refractivity contribution in [2.75, 3.05) is 6.54 Å². The van der Waals surface area contributed by atoms with E-state index in [0.29, 0.717) is 25.1 Å². The summed E-state index contributed by atoms with van der Waals surface area (Å²) < 4.78 is 0. The van der Waals surface area contributed by atoms with Crippen molar-refractivity contribution in [2.24, 2.45) is 17.6 Å². The number of aromatic amines is 1. The van der Waals surface area contributed by atoms with Crippen LogP contribution in [0.25, 0.3) is 0 Å². The third-order valence-corrected chi connectivity index (χ3v) is 8.29. The summed E-state index contributed by atoms with van der Waals surface area (Å²) in [6.07, 6.45) is 4.61. The first-order valence-corrected chi connectivity index (χ1v) is 16.9. The van der Waals surface area contributed by atoms with Crippen LogP contribution in [-0.4, -0.2) is 99.3 Å². The summed E-state index contributed by atoms with van der Waals surface area (Å²) in [5.74, 6) is -5.35. The quantitative estimate of drug-likeness (QED) is 0.0852. The Balaban J connectivity index is 2.31. The number of nitrogens with zero attached hydrogens (tertiary/aromatic N) is 1. The van der Waals surface area contributed by atoms with E-state index in [1.54, 1.807) is 6.92 Å². The van der Waals surface area contributed by atoms with Gasteiger partial charge in [0.2, 0.25) is 35.4 Å². The highest BCUT2D eigenvalue weighted by atomic mass is 16.4. The second kappa shape index (κ2) is 20.1. The summed E-state index contributed by atoms with van der Waals surface area (Å²) in [4.78, 5) is 97.4. The molecule has 10 N–H and O–H groups in total. The maximum atomic E-state index is 13.8. The maximum Gasteiger partial charge on any atom is 0.303 e. The first kappa shape index (κ1) is 40.6. The molecule has 0 saturated carbocycles. The van der Waals surface area contributed by atoms with Gasteiger partial charge in [0, 0.05) is 31.3 Å². The number of aromatic nitrogens is 2. The van der Waals surface area contributed by atoms with Gasteiger partial charge in [0.25, 0.3) is 0 Å². The number of rotatable bonds is 19. The highest BCUT2D eigenvalue weighted by Gasteiger charge is 2.35. The second-order valence-electron chi connectivity index (χ2n) is 13.0. The van der Waals surface area contributed by atoms with Gasteiger partial charge in [-0.2, -0.15) is 0 Å². The number of nitrogens with two attached hydrogens (primary N) is 1. The highest BCUT2D eigenvalue weighted by molar-refractivity contribution is 5.97. The number of amides is 6. The molecule has 0 unspecified atom stereocenters. The molecule has 0 radical (unpaired) electrons. The number of carbonyl (C=O) groups excluding carboxylic acids is 6. The fourth-order valence-corrected chi connectivity index (χ4v) is 5.21. The van der Waals surface area contributed by atoms with Crippen LogP contribution in [0.4, 0.5) is 0 Å². The van der Waals surface area contributed by atoms with Gasteiger partial charge in [-0.25, -0.2) is 4.98 Å². The normalized spacial score (nSPS) is 18.3. The largest absolute Gasteiger partial charge is 0.481 e. The lowest BCUT2D eigenvalue weighted by Crippen LogP contribution is -2.60. The number of carbonyl (C=O) groups is 7. The number of nitrogens with one attached hydrogen (secondary N) is 7. The van der Waals surface area contributed by atoms with E-state index in [0.717, 1.165) is 12.8 Å². The number of imidazole rings is 1. The number of carboxylic acids is 1. The van der Waals surface area contributed by atoms with Crippen molar-refractivity contribution in [3.05, 3.63) is 18.2 Å². The smallest absolute Gasteiger partial charge is 0.303 e. The molecule has 7 atom stereocenters. The SMILES string of the molecule is CC[C@H](C)[C@@H](NC(=O)[C@@H](CCC(=O)O)NC(=O)[C@H](Cc1cnc[nH]1)NC(=O)[C@H](CC(C)C)NC(=O)[C@@H](C)N)C(=O)N[C@H]1CCCCNC1=O. The summed E-state index contributed by atoms with van der Waals surface area (Å²) >= 11 is 0. The minimum absolute atomic E-state index is 0.0132. The Hall–Kier alpha value is -4.54. The van der Waals surface area contributed by atoms with E-state index in [2.05, 4.69) is 41.9 Å². The van der Waals surface area contributed by atoms with Crippen molar-refractivity contribution in [1.82, 2.24) is 41.9 Å². The van der Waals surface area contributed by atoms with Crippen molar-refractivity contribution in [1.29, 1.82) is 0 Å². The van der Waals surface area contributed by atoms with Crippen LogP contribution in [0.3, 0.4) is 0 Å². The van der Waals surface area contributed by atoms with Crippen molar-refractivity contribution in [3.8, 4) is 0 Å². The second-order valence-corrected chi connectivity index (χ2v) is 13.0. The zero-order valence-electron chi connectivity index (χ0n) is 29.0. The molecule has 0 spiro atoms. The monoisotopic (exact) mass is 691 g/mol. The first-order valence-electron chi connectivity index (χ1n) is 16.9. The lowest BCUT2D eigenvalue weighted by Gasteiger charge is -2.29. The van der Waals surface area contributed by atoms with Gasteiger partial charge in [-0.05, 0) is 50.9 Å². The molecular weight excluding hydrogens is 638 g/mol. The molecule has 1 aliphatic heterocycles. The van der Waals surface area contributed by atoms with E-state index >= 15 is 0 Å². The van der Waals surface area contributed by atoms with Gasteiger partial charge in [0.1, 0.15) is 30.2 Å². The molecule has 2 rings (SSSR count). The molecule has 1 saturated heterocycles. The van der Waals surface area contributed by atoms with Crippen molar-refractivity contribution >= 4 is 41.4 Å². The molecule has 0 aromatic carbocycles. The van der Waals surface area contributed by atoms with E-state index in [1.165, 1.54) is 19.4 Å². The Morgan fingerprint density at radius 1 is 0.918 bits per heavy atom. The van der Waals surface area contributed by atoms with Gasteiger partial charge in [-0.1, -0.05) is 34.1 Å². The Morgan fingerprint density at radius 2 is 1.55 bits per heavy atom. The summed E-state index contributed by atoms with van der Waals surface area (Å²) in [6, 6.07) is -6.46. The summed E-state index contributed by atoms with van der Waals surface area (Å²) in [6.45, 7) is 9.26. The Labute approximate surface area is 286 Å². The average Bonchev–Trinajstić information content (AvgIpc) is 3.47. The molecule has 1 aromatic heterocycles. The maximum absolute atomic E-state index is 13.8. The molecule has 6 amide bonds. The number of carboxylic acid groups (broad SMARTS) is 1. The van der Waals surface area contributed by atoms with Crippen molar-refractivity contribution < 1.29 is 38.7 Å². The van der Waals surface area contributed by atoms with Crippen LogP contribution in [0.15, 0.2) is 12.5 Å². The topological polar surface area (TPSA) is 267 Å². The first-order chi connectivity index (χ1) is 23.1. The van der Waals surface area contributed by atoms with Crippen LogP contribution in [-0.2, 0) is 40.0 Å². The van der Waals surface area contributed by atoms with E-state index in [-0.39, 0.29) is 37.0 Å². The van der Waals surface area contributed by atoms with Crippen LogP contribution in [0.2, 0.25) is 0 Å². The third kappa shape index (κ3) is 13.8. The fraction of sp³-hybridized carbons (Fsp3) is 0.688. The predicted molar refractivity (Wildman–Crippen MR) is 178 cm³/mol. The lowest BCUT2D eigenvalue weighted by atomic mass is 9.96. The van der Waals surface area contributed by atoms with E-state index < -0.39 is 78.2 Å². The summed E-state index contributed by atoms with van der Waals surface area (Å²) in [7, 11) is 0. The van der Waals surface area contributed by atoms with Gasteiger partial charge in [-0.15, -0.1) is 0 Å². The molecule has 1 aliphatic rings. The van der Waals surface area contributed by atoms with Gasteiger partial charge in [0.05, 0.1) is 12.4 Å². The van der Waals surface area contributed by atoms with Crippen LogP contribution < -0.4 is 37.6 Å². The number of hydrogen-bond acceptors (Lipinski definition) is 9. The Morgan fingerprint density at radius 3 is 2.14 bits per heavy atom. The molecule has 17 nitrogen and oxygen atoms in total. The van der Waals surface area contributed by atoms with Crippen molar-refractivity contribution in [3.63, 3.8) is 0 Å². The average molecular weight is 692 g/mol. The highest BCUT2D eigenvalue weighted by Crippen LogP contribution is 2.13. The predicted octanol–water partition coefficient (Wildman–Crippen LogP) is -1.02. The van der Waals surface area contributed by atoms with Gasteiger partial charge >= 0.3 is 5.97 Å². The zero-order chi connectivity index (χ0) is 36.7. The van der Waals surface area contributed by atoms with E-state index in [4.69, 9.17) is 5.73 Å². The number of hydrogen-bond donors (Lipinski definition) is 9. The minimum atomic E-state index is -1.41. The number of aliphatic carboxylic acids is 1. The molecular formula is C32H53N9O8. The van der Waals surface area contributed by atoms with Crippen LogP contribution in [0, 0.1) is 11.8 Å². The molecule has 1 aromatic rings. The Kier molecular flexibility index (Phi) is 16.7. The standard InChI is InChI=1S/C32H53N9O8/c1-6-18(4)26(32(49)38-21-9-7-8-12-35-28(21)45)41-29(46)22(10-11-25(42)43)37-31(48)24(14-20-15-34-16-36-20)40-30(47)23(13-17(2)3)39-27(44)19(5)33/h15-19,21-24,26H,6-14,33H2,1-5H3,(H,34,36)(H,35,45)(H,37,48)(H,38,49)(H,39,44)(H,40,47)(H,41,46)(H,42,43)/t18-,19+,21-,22+,23-,24-,26+/m0/s1. The summed E-state index contributed by atoms with van der Waals surface area (Å²) in [5.41, 5.74) is 6.16. The third-order valence-electron chi connectivity index (χ3n) is 8.29. The molecule has 1 fully saturated rings. The molecule has 0 bridgehead atoms. The van der Waals surface area contributed by atoms with Crippen LogP contribution >= 0.6 is 0 Å². The summed E-state index contributed by atoms with van der Waals surface area (Å²) in [5, 5.41) is 25.3. The molecule has 2 heterocycles. The molecule has 49 heavy (non-hydrogen) atoms. The Bertz CT molecular complexity index is 1290. The van der Waals surface area contributed by atoms with Crippen LogP contribution in [0.1, 0.15) is 85.3 Å². The van der Waals surface area contributed by atoms with Gasteiger partial charge in [0.15, 0.2) is 0 Å². The number of H-pyrrole nitrogens is 1. The van der Waals surface area contributed by atoms with Gasteiger partial charge < -0.3 is 47.7 Å². The lowest BCUT2D eigenvalue weighted by molar-refractivity contribution is -0.139. The van der Waals surface area contributed by atoms with Crippen molar-refractivity contribution in [2.45, 2.75) is 122 Å². The fourth-order valence-electron chi connectivity index (χ4n) is 5.21. The van der Waals surface area contributed by atoms with E-state index in [1.807, 2.05) is 20.8 Å². The molecule has 17 heteroatoms. The van der Waals surface area contributed by atoms with Crippen LogP contribution in [0.5, 0.6) is 0 Å². The molecule has 274 valence electrons. The van der Waals surface area contributed by atoms with E-state index in [9.17, 15) is 38.7 Å².